The van der Waals surface area contributed by atoms with Gasteiger partial charge in [-0.1, -0.05) is 23.7 Å². The third-order valence-corrected chi connectivity index (χ3v) is 3.31. The van der Waals surface area contributed by atoms with Crippen LogP contribution in [0.15, 0.2) is 34.7 Å². The molecule has 0 bridgehead atoms. The molecule has 0 spiro atoms. The molecule has 1 heterocycles. The molecule has 0 saturated carbocycles. The van der Waals surface area contributed by atoms with Gasteiger partial charge in [-0.05, 0) is 30.7 Å². The Balaban J connectivity index is 2.01. The monoisotopic (exact) mass is 279 g/mol. The minimum atomic E-state index is 0.696. The van der Waals surface area contributed by atoms with Crippen LogP contribution < -0.4 is 5.32 Å². The molecule has 3 nitrogen and oxygen atoms in total. The zero-order chi connectivity index (χ0) is 13.7. The first-order chi connectivity index (χ1) is 9.20. The minimum Gasteiger partial charge on any atom is -0.460 e. The van der Waals surface area contributed by atoms with Crippen molar-refractivity contribution in [1.29, 1.82) is 0 Å². The normalized spacial score (nSPS) is 10.9. The maximum Gasteiger partial charge on any atom is 0.134 e. The van der Waals surface area contributed by atoms with Gasteiger partial charge in [0.15, 0.2) is 0 Å². The molecule has 0 unspecified atom stereocenters. The van der Waals surface area contributed by atoms with Crippen LogP contribution in [-0.4, -0.2) is 20.3 Å². The summed E-state index contributed by atoms with van der Waals surface area (Å²) in [5.74, 6) is 1.74. The molecule has 2 rings (SSSR count). The Kier molecular flexibility index (Phi) is 5.02. The highest BCUT2D eigenvalue weighted by molar-refractivity contribution is 6.31. The van der Waals surface area contributed by atoms with Crippen molar-refractivity contribution in [2.45, 2.75) is 13.5 Å². The van der Waals surface area contributed by atoms with E-state index in [-0.39, 0.29) is 0 Å². The summed E-state index contributed by atoms with van der Waals surface area (Å²) < 4.78 is 10.8. The molecular weight excluding hydrogens is 262 g/mol. The van der Waals surface area contributed by atoms with Crippen molar-refractivity contribution in [2.24, 2.45) is 0 Å². The predicted molar refractivity (Wildman–Crippen MR) is 77.5 cm³/mol. The number of ether oxygens (including phenoxy) is 1. The second kappa shape index (κ2) is 6.75. The van der Waals surface area contributed by atoms with Crippen molar-refractivity contribution in [3.63, 3.8) is 0 Å². The van der Waals surface area contributed by atoms with Gasteiger partial charge in [-0.2, -0.15) is 0 Å². The molecule has 0 aliphatic carbocycles. The van der Waals surface area contributed by atoms with Gasteiger partial charge in [-0.25, -0.2) is 0 Å². The van der Waals surface area contributed by atoms with Gasteiger partial charge in [-0.15, -0.1) is 0 Å². The van der Waals surface area contributed by atoms with E-state index in [1.165, 1.54) is 0 Å². The van der Waals surface area contributed by atoms with E-state index in [4.69, 9.17) is 20.8 Å². The molecule has 1 N–H and O–H groups in total. The summed E-state index contributed by atoms with van der Waals surface area (Å²) in [5.41, 5.74) is 2.07. The summed E-state index contributed by atoms with van der Waals surface area (Å²) in [7, 11) is 1.69. The number of methoxy groups -OCH3 is 1. The number of hydrogen-bond donors (Lipinski definition) is 1. The smallest absolute Gasteiger partial charge is 0.134 e. The Morgan fingerprint density at radius 2 is 2.11 bits per heavy atom. The van der Waals surface area contributed by atoms with Crippen molar-refractivity contribution in [1.82, 2.24) is 5.32 Å². The van der Waals surface area contributed by atoms with Crippen LogP contribution in [0.1, 0.15) is 11.3 Å². The van der Waals surface area contributed by atoms with E-state index in [1.54, 1.807) is 7.11 Å². The van der Waals surface area contributed by atoms with Crippen LogP contribution in [0, 0.1) is 6.92 Å². The Labute approximate surface area is 118 Å². The summed E-state index contributed by atoms with van der Waals surface area (Å²) in [6.45, 7) is 4.19. The van der Waals surface area contributed by atoms with Gasteiger partial charge in [0.25, 0.3) is 0 Å². The molecule has 0 fully saturated rings. The number of hydrogen-bond acceptors (Lipinski definition) is 3. The van der Waals surface area contributed by atoms with Gasteiger partial charge in [0.05, 0.1) is 13.2 Å². The van der Waals surface area contributed by atoms with Crippen LogP contribution in [0.2, 0.25) is 5.02 Å². The second-order valence-electron chi connectivity index (χ2n) is 4.40. The zero-order valence-electron chi connectivity index (χ0n) is 11.2. The van der Waals surface area contributed by atoms with Gasteiger partial charge in [0.2, 0.25) is 0 Å². The number of furan rings is 1. The highest BCUT2D eigenvalue weighted by Crippen LogP contribution is 2.26. The number of aryl methyl sites for hydroxylation is 1. The molecule has 0 saturated heterocycles. The van der Waals surface area contributed by atoms with Gasteiger partial charge < -0.3 is 14.5 Å². The fourth-order valence-corrected chi connectivity index (χ4v) is 1.94. The maximum atomic E-state index is 6.12. The van der Waals surface area contributed by atoms with Crippen LogP contribution >= 0.6 is 11.6 Å². The number of rotatable bonds is 6. The van der Waals surface area contributed by atoms with Crippen LogP contribution in [0.25, 0.3) is 11.3 Å². The largest absolute Gasteiger partial charge is 0.460 e. The molecule has 0 amide bonds. The molecule has 1 aromatic heterocycles. The van der Waals surface area contributed by atoms with Crippen molar-refractivity contribution in [3.05, 3.63) is 46.7 Å². The van der Waals surface area contributed by atoms with Gasteiger partial charge >= 0.3 is 0 Å². The summed E-state index contributed by atoms with van der Waals surface area (Å²) in [4.78, 5) is 0. The standard InChI is InChI=1S/C15H18ClNO2/c1-11-3-4-12(9-14(11)16)15-6-5-13(19-15)10-17-7-8-18-2/h3-6,9,17H,7-8,10H2,1-2H3. The quantitative estimate of drug-likeness (QED) is 0.820. The first-order valence-electron chi connectivity index (χ1n) is 6.25. The van der Waals surface area contributed by atoms with E-state index in [0.717, 1.165) is 34.2 Å². The van der Waals surface area contributed by atoms with E-state index in [9.17, 15) is 0 Å². The molecule has 0 radical (unpaired) electrons. The molecule has 19 heavy (non-hydrogen) atoms. The summed E-state index contributed by atoms with van der Waals surface area (Å²) in [5, 5.41) is 4.00. The first kappa shape index (κ1) is 14.1. The second-order valence-corrected chi connectivity index (χ2v) is 4.81. The van der Waals surface area contributed by atoms with Crippen molar-refractivity contribution in [3.8, 4) is 11.3 Å². The molecule has 1 aromatic carbocycles. The lowest BCUT2D eigenvalue weighted by Gasteiger charge is -2.02. The van der Waals surface area contributed by atoms with Crippen molar-refractivity contribution in [2.75, 3.05) is 20.3 Å². The van der Waals surface area contributed by atoms with Crippen LogP contribution in [0.3, 0.4) is 0 Å². The summed E-state index contributed by atoms with van der Waals surface area (Å²) in [6, 6.07) is 9.88. The van der Waals surface area contributed by atoms with E-state index in [1.807, 2.05) is 37.3 Å². The third-order valence-electron chi connectivity index (χ3n) is 2.90. The number of nitrogens with one attached hydrogen (secondary N) is 1. The van der Waals surface area contributed by atoms with Gasteiger partial charge in [-0.3, -0.25) is 0 Å². The van der Waals surface area contributed by atoms with Crippen LogP contribution in [-0.2, 0) is 11.3 Å². The van der Waals surface area contributed by atoms with Crippen LogP contribution in [0.5, 0.6) is 0 Å². The highest BCUT2D eigenvalue weighted by atomic mass is 35.5. The zero-order valence-corrected chi connectivity index (χ0v) is 12.0. The minimum absolute atomic E-state index is 0.696. The average Bonchev–Trinajstić information content (AvgIpc) is 2.87. The molecule has 0 atom stereocenters. The Morgan fingerprint density at radius 1 is 1.26 bits per heavy atom. The van der Waals surface area contributed by atoms with Crippen LogP contribution in [0.4, 0.5) is 0 Å². The van der Waals surface area contributed by atoms with Crippen molar-refractivity contribution < 1.29 is 9.15 Å². The Bertz CT molecular complexity index is 537. The van der Waals surface area contributed by atoms with Crippen molar-refractivity contribution >= 4 is 11.6 Å². The van der Waals surface area contributed by atoms with E-state index in [2.05, 4.69) is 5.32 Å². The summed E-state index contributed by atoms with van der Waals surface area (Å²) >= 11 is 6.12. The fraction of sp³-hybridized carbons (Fsp3) is 0.333. The summed E-state index contributed by atoms with van der Waals surface area (Å²) in [6.07, 6.45) is 0. The lowest BCUT2D eigenvalue weighted by atomic mass is 10.1. The SMILES string of the molecule is COCCNCc1ccc(-c2ccc(C)c(Cl)c2)o1. The van der Waals surface area contributed by atoms with E-state index in [0.29, 0.717) is 13.2 Å². The lowest BCUT2D eigenvalue weighted by Crippen LogP contribution is -2.18. The average molecular weight is 280 g/mol. The van der Waals surface area contributed by atoms with Gasteiger partial charge in [0.1, 0.15) is 11.5 Å². The molecule has 2 aromatic rings. The molecule has 0 aliphatic rings. The molecular formula is C15H18ClNO2. The Morgan fingerprint density at radius 3 is 2.84 bits per heavy atom. The highest BCUT2D eigenvalue weighted by Gasteiger charge is 2.06. The lowest BCUT2D eigenvalue weighted by molar-refractivity contribution is 0.198. The third kappa shape index (κ3) is 3.83. The number of halogens is 1. The first-order valence-corrected chi connectivity index (χ1v) is 6.63. The van der Waals surface area contributed by atoms with E-state index >= 15 is 0 Å². The van der Waals surface area contributed by atoms with E-state index < -0.39 is 0 Å². The number of benzene rings is 1. The maximum absolute atomic E-state index is 6.12. The fourth-order valence-electron chi connectivity index (χ4n) is 1.76. The topological polar surface area (TPSA) is 34.4 Å². The molecule has 102 valence electrons. The molecule has 0 aliphatic heterocycles. The molecule has 4 heteroatoms. The Hall–Kier alpha value is -1.29. The predicted octanol–water partition coefficient (Wildman–Crippen LogP) is 3.64. The van der Waals surface area contributed by atoms with Gasteiger partial charge in [0, 0.05) is 24.2 Å².